The Labute approximate surface area is 77.2 Å². The Balaban J connectivity index is 2.84. The van der Waals surface area contributed by atoms with Gasteiger partial charge in [-0.25, -0.2) is 4.98 Å². The van der Waals surface area contributed by atoms with Gasteiger partial charge in [-0.3, -0.25) is 0 Å². The van der Waals surface area contributed by atoms with Crippen molar-refractivity contribution >= 4 is 10.9 Å². The van der Waals surface area contributed by atoms with Gasteiger partial charge in [0.15, 0.2) is 0 Å². The predicted molar refractivity (Wildman–Crippen MR) is 51.9 cm³/mol. The molecule has 0 saturated heterocycles. The Morgan fingerprint density at radius 1 is 1.31 bits per heavy atom. The lowest BCUT2D eigenvalue weighted by Gasteiger charge is -2.06. The first-order chi connectivity index (χ1) is 6.33. The summed E-state index contributed by atoms with van der Waals surface area (Å²) < 4.78 is 5.29. The van der Waals surface area contributed by atoms with E-state index in [9.17, 15) is 0 Å². The van der Waals surface area contributed by atoms with Crippen LogP contribution in [0.15, 0.2) is 24.3 Å². The first-order valence-electron chi connectivity index (χ1n) is 4.14. The average molecular weight is 172 g/mol. The topological polar surface area (TPSA) is 22.1 Å². The van der Waals surface area contributed by atoms with E-state index in [-0.39, 0.29) is 0 Å². The number of hydrogen-bond donors (Lipinski definition) is 0. The predicted octanol–water partition coefficient (Wildman–Crippen LogP) is 2.35. The minimum atomic E-state index is 0.866. The molecule has 0 spiro atoms. The highest BCUT2D eigenvalue weighted by molar-refractivity contribution is 5.85. The maximum absolute atomic E-state index is 5.29. The molecule has 1 radical (unpaired) electrons. The number of pyridine rings is 1. The normalized spacial score (nSPS) is 10.3. The number of aryl methyl sites for hydroxylation is 1. The Morgan fingerprint density at radius 3 is 2.85 bits per heavy atom. The van der Waals surface area contributed by atoms with Gasteiger partial charge < -0.3 is 4.74 Å². The second kappa shape index (κ2) is 3.05. The van der Waals surface area contributed by atoms with Crippen LogP contribution in [0.5, 0.6) is 5.75 Å². The van der Waals surface area contributed by atoms with Crippen LogP contribution in [-0.4, -0.2) is 12.1 Å². The maximum atomic E-state index is 5.29. The van der Waals surface area contributed by atoms with E-state index in [2.05, 4.69) is 11.2 Å². The van der Waals surface area contributed by atoms with Crippen LogP contribution in [0.4, 0.5) is 0 Å². The SMILES string of the molecule is COc1c(C)[c]nc2ccccc12. The molecular formula is C11H10NO. The van der Waals surface area contributed by atoms with Crippen molar-refractivity contribution in [3.05, 3.63) is 36.0 Å². The summed E-state index contributed by atoms with van der Waals surface area (Å²) in [6.45, 7) is 1.94. The van der Waals surface area contributed by atoms with Crippen LogP contribution < -0.4 is 4.74 Å². The van der Waals surface area contributed by atoms with Gasteiger partial charge in [-0.1, -0.05) is 12.1 Å². The molecule has 0 saturated carbocycles. The Morgan fingerprint density at radius 2 is 2.08 bits per heavy atom. The molecule has 2 nitrogen and oxygen atoms in total. The van der Waals surface area contributed by atoms with E-state index in [1.165, 1.54) is 0 Å². The van der Waals surface area contributed by atoms with E-state index in [1.54, 1.807) is 7.11 Å². The van der Waals surface area contributed by atoms with Crippen molar-refractivity contribution in [1.82, 2.24) is 4.98 Å². The number of hydrogen-bond acceptors (Lipinski definition) is 2. The lowest BCUT2D eigenvalue weighted by Crippen LogP contribution is -1.90. The molecule has 0 unspecified atom stereocenters. The molecule has 2 aromatic rings. The molecule has 2 rings (SSSR count). The first kappa shape index (κ1) is 8.05. The fourth-order valence-corrected chi connectivity index (χ4v) is 1.42. The van der Waals surface area contributed by atoms with Crippen molar-refractivity contribution in [2.45, 2.75) is 6.92 Å². The molecule has 0 bridgehead atoms. The lowest BCUT2D eigenvalue weighted by atomic mass is 10.1. The molecule has 0 fully saturated rings. The van der Waals surface area contributed by atoms with E-state index in [1.807, 2.05) is 31.2 Å². The number of benzene rings is 1. The van der Waals surface area contributed by atoms with Gasteiger partial charge >= 0.3 is 0 Å². The molecule has 1 aromatic carbocycles. The molecule has 0 N–H and O–H groups in total. The van der Waals surface area contributed by atoms with Gasteiger partial charge in [0.25, 0.3) is 0 Å². The third-order valence-corrected chi connectivity index (χ3v) is 2.04. The number of ether oxygens (including phenoxy) is 1. The highest BCUT2D eigenvalue weighted by Crippen LogP contribution is 2.26. The van der Waals surface area contributed by atoms with Crippen molar-refractivity contribution in [1.29, 1.82) is 0 Å². The molecule has 0 aliphatic rings. The molecule has 65 valence electrons. The third kappa shape index (κ3) is 1.24. The van der Waals surface area contributed by atoms with Crippen LogP contribution in [0.3, 0.4) is 0 Å². The number of methoxy groups -OCH3 is 1. The van der Waals surface area contributed by atoms with Crippen molar-refractivity contribution in [3.63, 3.8) is 0 Å². The minimum absolute atomic E-state index is 0.866. The van der Waals surface area contributed by atoms with Crippen molar-refractivity contribution in [2.24, 2.45) is 0 Å². The Bertz CT molecular complexity index is 437. The van der Waals surface area contributed by atoms with Crippen LogP contribution in [0, 0.1) is 13.1 Å². The van der Waals surface area contributed by atoms with E-state index >= 15 is 0 Å². The van der Waals surface area contributed by atoms with Crippen molar-refractivity contribution in [3.8, 4) is 5.75 Å². The van der Waals surface area contributed by atoms with Crippen LogP contribution in [0.25, 0.3) is 10.9 Å². The quantitative estimate of drug-likeness (QED) is 0.658. The second-order valence-corrected chi connectivity index (χ2v) is 2.90. The molecule has 0 aliphatic heterocycles. The van der Waals surface area contributed by atoms with Crippen LogP contribution in [-0.2, 0) is 0 Å². The van der Waals surface area contributed by atoms with Crippen molar-refractivity contribution < 1.29 is 4.74 Å². The lowest BCUT2D eigenvalue weighted by molar-refractivity contribution is 0.416. The summed E-state index contributed by atoms with van der Waals surface area (Å²) in [7, 11) is 1.67. The number of para-hydroxylation sites is 1. The summed E-state index contributed by atoms with van der Waals surface area (Å²) in [5.74, 6) is 0.866. The van der Waals surface area contributed by atoms with E-state index < -0.39 is 0 Å². The zero-order valence-electron chi connectivity index (χ0n) is 7.66. The number of rotatable bonds is 1. The fraction of sp³-hybridized carbons (Fsp3) is 0.182. The van der Waals surface area contributed by atoms with Crippen LogP contribution >= 0.6 is 0 Å². The third-order valence-electron chi connectivity index (χ3n) is 2.04. The standard InChI is InChI=1S/C11H10NO/c1-8-7-12-10-6-4-3-5-9(10)11(8)13-2/h3-6H,1-2H3. The summed E-state index contributed by atoms with van der Waals surface area (Å²) in [5, 5.41) is 1.04. The summed E-state index contributed by atoms with van der Waals surface area (Å²) in [6.07, 6.45) is 2.92. The van der Waals surface area contributed by atoms with Gasteiger partial charge in [0.05, 0.1) is 18.8 Å². The number of aromatic nitrogens is 1. The Kier molecular flexibility index (Phi) is 1.89. The summed E-state index contributed by atoms with van der Waals surface area (Å²) >= 11 is 0. The van der Waals surface area contributed by atoms with E-state index in [4.69, 9.17) is 4.74 Å². The van der Waals surface area contributed by atoms with Gasteiger partial charge in [0.2, 0.25) is 0 Å². The molecule has 1 aromatic heterocycles. The molecule has 0 aliphatic carbocycles. The largest absolute Gasteiger partial charge is 0.496 e. The monoisotopic (exact) mass is 172 g/mol. The maximum Gasteiger partial charge on any atom is 0.133 e. The smallest absolute Gasteiger partial charge is 0.133 e. The van der Waals surface area contributed by atoms with Gasteiger partial charge in [-0.2, -0.15) is 0 Å². The Hall–Kier alpha value is -1.57. The summed E-state index contributed by atoms with van der Waals surface area (Å²) in [4.78, 5) is 4.18. The number of nitrogens with zero attached hydrogens (tertiary/aromatic N) is 1. The van der Waals surface area contributed by atoms with E-state index in [0.717, 1.165) is 22.2 Å². The van der Waals surface area contributed by atoms with Gasteiger partial charge in [0.1, 0.15) is 5.75 Å². The molecule has 1 heterocycles. The fourth-order valence-electron chi connectivity index (χ4n) is 1.42. The van der Waals surface area contributed by atoms with Gasteiger partial charge in [-0.15, -0.1) is 0 Å². The van der Waals surface area contributed by atoms with Crippen LogP contribution in [0.2, 0.25) is 0 Å². The van der Waals surface area contributed by atoms with Gasteiger partial charge in [0, 0.05) is 10.9 Å². The molecule has 13 heavy (non-hydrogen) atoms. The van der Waals surface area contributed by atoms with E-state index in [0.29, 0.717) is 0 Å². The molecule has 2 heteroatoms. The average Bonchev–Trinajstić information content (AvgIpc) is 2.18. The second-order valence-electron chi connectivity index (χ2n) is 2.90. The molecular weight excluding hydrogens is 162 g/mol. The number of fused-ring (bicyclic) bond motifs is 1. The van der Waals surface area contributed by atoms with Crippen LogP contribution in [0.1, 0.15) is 5.56 Å². The molecule has 0 amide bonds. The summed E-state index contributed by atoms with van der Waals surface area (Å²) in [6, 6.07) is 7.89. The first-order valence-corrected chi connectivity index (χ1v) is 4.14. The highest BCUT2D eigenvalue weighted by atomic mass is 16.5. The molecule has 0 atom stereocenters. The van der Waals surface area contributed by atoms with Crippen molar-refractivity contribution in [2.75, 3.05) is 7.11 Å². The minimum Gasteiger partial charge on any atom is -0.496 e. The highest BCUT2D eigenvalue weighted by Gasteiger charge is 2.04. The zero-order valence-corrected chi connectivity index (χ0v) is 7.66. The zero-order chi connectivity index (χ0) is 9.26. The summed E-state index contributed by atoms with van der Waals surface area (Å²) in [5.41, 5.74) is 1.87. The van der Waals surface area contributed by atoms with Gasteiger partial charge in [-0.05, 0) is 19.1 Å².